The smallest absolute Gasteiger partial charge is 0.251 e. The predicted octanol–water partition coefficient (Wildman–Crippen LogP) is 1.53. The zero-order valence-electron chi connectivity index (χ0n) is 13.5. The van der Waals surface area contributed by atoms with Gasteiger partial charge in [0, 0.05) is 25.2 Å². The molecule has 0 radical (unpaired) electrons. The molecule has 24 heavy (non-hydrogen) atoms. The molecule has 3 rings (SSSR count). The zero-order chi connectivity index (χ0) is 17.1. The first-order valence-electron chi connectivity index (χ1n) is 8.08. The number of likely N-dealkylation sites (N-methyl/N-ethyl adjacent to an activating group) is 1. The maximum Gasteiger partial charge on any atom is 0.251 e. The first-order chi connectivity index (χ1) is 11.6. The normalized spacial score (nSPS) is 27.3. The number of hydrogen-bond donors (Lipinski definition) is 1. The standard InChI is InChI=1S/C17H21ClN2O4/c1-20-14(21)10-24-16(15(20)11-4-6-12(18)7-5-11)17(22)19-9-13-3-2-8-23-13/h4-7,13,15-16H,2-3,8-10H2,1H3,(H,19,22)/t13-,15+,16+/m1/s1. The largest absolute Gasteiger partial charge is 0.376 e. The van der Waals surface area contributed by atoms with Crippen molar-refractivity contribution in [3.05, 3.63) is 34.9 Å². The Hall–Kier alpha value is -1.63. The lowest BCUT2D eigenvalue weighted by atomic mass is 9.97. The van der Waals surface area contributed by atoms with Crippen LogP contribution >= 0.6 is 11.6 Å². The molecular weight excluding hydrogens is 332 g/mol. The van der Waals surface area contributed by atoms with Crippen LogP contribution in [0, 0.1) is 0 Å². The Morgan fingerprint density at radius 1 is 1.33 bits per heavy atom. The Morgan fingerprint density at radius 2 is 2.08 bits per heavy atom. The molecule has 2 amide bonds. The minimum absolute atomic E-state index is 0.0610. The van der Waals surface area contributed by atoms with E-state index in [1.54, 1.807) is 24.1 Å². The summed E-state index contributed by atoms with van der Waals surface area (Å²) in [6.45, 7) is 1.10. The van der Waals surface area contributed by atoms with E-state index in [2.05, 4.69) is 5.32 Å². The minimum Gasteiger partial charge on any atom is -0.376 e. The second kappa shape index (κ2) is 7.51. The van der Waals surface area contributed by atoms with E-state index in [-0.39, 0.29) is 24.5 Å². The molecule has 7 heteroatoms. The molecule has 0 saturated carbocycles. The number of nitrogens with zero attached hydrogens (tertiary/aromatic N) is 1. The number of nitrogens with one attached hydrogen (secondary N) is 1. The Labute approximate surface area is 146 Å². The van der Waals surface area contributed by atoms with Crippen molar-refractivity contribution in [2.45, 2.75) is 31.1 Å². The molecular formula is C17H21ClN2O4. The molecule has 1 aromatic rings. The number of hydrogen-bond acceptors (Lipinski definition) is 4. The fourth-order valence-corrected chi connectivity index (χ4v) is 3.24. The van der Waals surface area contributed by atoms with E-state index in [1.807, 2.05) is 12.1 Å². The highest BCUT2D eigenvalue weighted by Crippen LogP contribution is 2.30. The highest BCUT2D eigenvalue weighted by Gasteiger charge is 2.40. The van der Waals surface area contributed by atoms with E-state index in [9.17, 15) is 9.59 Å². The Balaban J connectivity index is 1.74. The van der Waals surface area contributed by atoms with Gasteiger partial charge in [-0.3, -0.25) is 9.59 Å². The van der Waals surface area contributed by atoms with Crippen LogP contribution in [0.15, 0.2) is 24.3 Å². The van der Waals surface area contributed by atoms with Crippen LogP contribution in [0.3, 0.4) is 0 Å². The third-order valence-electron chi connectivity index (χ3n) is 4.48. The Morgan fingerprint density at radius 3 is 2.75 bits per heavy atom. The quantitative estimate of drug-likeness (QED) is 0.892. The topological polar surface area (TPSA) is 67.9 Å². The summed E-state index contributed by atoms with van der Waals surface area (Å²) in [5, 5.41) is 3.49. The molecule has 0 bridgehead atoms. The molecule has 2 saturated heterocycles. The summed E-state index contributed by atoms with van der Waals surface area (Å²) in [5.41, 5.74) is 0.812. The molecule has 0 aliphatic carbocycles. The van der Waals surface area contributed by atoms with Crippen molar-refractivity contribution in [2.75, 3.05) is 26.8 Å². The van der Waals surface area contributed by atoms with Gasteiger partial charge in [0.1, 0.15) is 6.61 Å². The molecule has 0 aromatic heterocycles. The molecule has 0 unspecified atom stereocenters. The summed E-state index contributed by atoms with van der Waals surface area (Å²) >= 11 is 5.93. The van der Waals surface area contributed by atoms with Crippen molar-refractivity contribution < 1.29 is 19.1 Å². The summed E-state index contributed by atoms with van der Waals surface area (Å²) in [4.78, 5) is 26.2. The molecule has 2 aliphatic rings. The average molecular weight is 353 g/mol. The highest BCUT2D eigenvalue weighted by atomic mass is 35.5. The third-order valence-corrected chi connectivity index (χ3v) is 4.73. The van der Waals surface area contributed by atoms with Crippen LogP contribution in [0.25, 0.3) is 0 Å². The lowest BCUT2D eigenvalue weighted by Gasteiger charge is -2.38. The Kier molecular flexibility index (Phi) is 5.38. The SMILES string of the molecule is CN1C(=O)CO[C@H](C(=O)NC[C@H]2CCCO2)[C@@H]1c1ccc(Cl)cc1. The number of halogens is 1. The summed E-state index contributed by atoms with van der Waals surface area (Å²) in [5.74, 6) is -0.386. The number of rotatable bonds is 4. The zero-order valence-corrected chi connectivity index (χ0v) is 14.3. The van der Waals surface area contributed by atoms with Crippen molar-refractivity contribution >= 4 is 23.4 Å². The maximum atomic E-state index is 12.6. The van der Waals surface area contributed by atoms with E-state index in [0.717, 1.165) is 25.0 Å². The summed E-state index contributed by atoms with van der Waals surface area (Å²) in [6, 6.07) is 6.63. The van der Waals surface area contributed by atoms with Gasteiger partial charge in [0.25, 0.3) is 5.91 Å². The molecule has 2 fully saturated rings. The van der Waals surface area contributed by atoms with Gasteiger partial charge in [-0.1, -0.05) is 23.7 Å². The average Bonchev–Trinajstić information content (AvgIpc) is 3.09. The van der Waals surface area contributed by atoms with Crippen LogP contribution in [0.2, 0.25) is 5.02 Å². The van der Waals surface area contributed by atoms with Crippen molar-refractivity contribution in [3.8, 4) is 0 Å². The number of carbonyl (C=O) groups is 2. The summed E-state index contributed by atoms with van der Waals surface area (Å²) < 4.78 is 11.1. The number of carbonyl (C=O) groups excluding carboxylic acids is 2. The van der Waals surface area contributed by atoms with Gasteiger partial charge in [0.15, 0.2) is 6.10 Å². The van der Waals surface area contributed by atoms with E-state index < -0.39 is 12.1 Å². The van der Waals surface area contributed by atoms with Gasteiger partial charge < -0.3 is 19.7 Å². The van der Waals surface area contributed by atoms with Crippen LogP contribution in [0.4, 0.5) is 0 Å². The third kappa shape index (κ3) is 3.71. The molecule has 3 atom stereocenters. The van der Waals surface area contributed by atoms with E-state index in [0.29, 0.717) is 11.6 Å². The summed E-state index contributed by atoms with van der Waals surface area (Å²) in [7, 11) is 1.69. The van der Waals surface area contributed by atoms with Gasteiger partial charge in [-0.2, -0.15) is 0 Å². The second-order valence-electron chi connectivity index (χ2n) is 6.11. The number of ether oxygens (including phenoxy) is 2. The van der Waals surface area contributed by atoms with Crippen molar-refractivity contribution in [2.24, 2.45) is 0 Å². The van der Waals surface area contributed by atoms with Crippen LogP contribution in [-0.2, 0) is 19.1 Å². The van der Waals surface area contributed by atoms with Crippen molar-refractivity contribution in [1.29, 1.82) is 0 Å². The molecule has 1 aromatic carbocycles. The first-order valence-corrected chi connectivity index (χ1v) is 8.46. The monoisotopic (exact) mass is 352 g/mol. The van der Waals surface area contributed by atoms with Gasteiger partial charge in [-0.05, 0) is 30.5 Å². The van der Waals surface area contributed by atoms with Gasteiger partial charge in [-0.15, -0.1) is 0 Å². The fraction of sp³-hybridized carbons (Fsp3) is 0.529. The van der Waals surface area contributed by atoms with Gasteiger partial charge in [0.2, 0.25) is 5.91 Å². The molecule has 1 N–H and O–H groups in total. The molecule has 130 valence electrons. The predicted molar refractivity (Wildman–Crippen MR) is 88.7 cm³/mol. The van der Waals surface area contributed by atoms with E-state index in [1.165, 1.54) is 0 Å². The minimum atomic E-state index is -0.754. The molecule has 0 spiro atoms. The van der Waals surface area contributed by atoms with E-state index in [4.69, 9.17) is 21.1 Å². The fourth-order valence-electron chi connectivity index (χ4n) is 3.11. The molecule has 2 heterocycles. The maximum absolute atomic E-state index is 12.6. The highest BCUT2D eigenvalue weighted by molar-refractivity contribution is 6.30. The lowest BCUT2D eigenvalue weighted by molar-refractivity contribution is -0.162. The first kappa shape index (κ1) is 17.2. The Bertz CT molecular complexity index is 601. The lowest BCUT2D eigenvalue weighted by Crippen LogP contribution is -2.53. The van der Waals surface area contributed by atoms with Crippen LogP contribution < -0.4 is 5.32 Å². The van der Waals surface area contributed by atoms with Crippen molar-refractivity contribution in [3.63, 3.8) is 0 Å². The van der Waals surface area contributed by atoms with E-state index >= 15 is 0 Å². The van der Waals surface area contributed by atoms with Crippen molar-refractivity contribution in [1.82, 2.24) is 10.2 Å². The van der Waals surface area contributed by atoms with Crippen LogP contribution in [-0.4, -0.2) is 55.7 Å². The second-order valence-corrected chi connectivity index (χ2v) is 6.55. The molecule has 6 nitrogen and oxygen atoms in total. The van der Waals surface area contributed by atoms with Gasteiger partial charge in [0.05, 0.1) is 12.1 Å². The number of benzene rings is 1. The van der Waals surface area contributed by atoms with Crippen LogP contribution in [0.5, 0.6) is 0 Å². The summed E-state index contributed by atoms with van der Waals surface area (Å²) in [6.07, 6.45) is 1.27. The number of morpholine rings is 1. The molecule has 2 aliphatic heterocycles. The van der Waals surface area contributed by atoms with Gasteiger partial charge in [-0.25, -0.2) is 0 Å². The number of amides is 2. The van der Waals surface area contributed by atoms with Gasteiger partial charge >= 0.3 is 0 Å². The van der Waals surface area contributed by atoms with Crippen LogP contribution in [0.1, 0.15) is 24.4 Å².